The predicted octanol–water partition coefficient (Wildman–Crippen LogP) is 2.43. The Hall–Kier alpha value is -1.62. The molecule has 1 aliphatic rings. The molecule has 1 unspecified atom stereocenters. The lowest BCUT2D eigenvalue weighted by Crippen LogP contribution is -2.24. The monoisotopic (exact) mass is 319 g/mol. The summed E-state index contributed by atoms with van der Waals surface area (Å²) in [7, 11) is 0. The van der Waals surface area contributed by atoms with Gasteiger partial charge in [0.1, 0.15) is 0 Å². The van der Waals surface area contributed by atoms with E-state index in [2.05, 4.69) is 21.0 Å². The van der Waals surface area contributed by atoms with Gasteiger partial charge in [-0.1, -0.05) is 28.1 Å². The lowest BCUT2D eigenvalue weighted by Gasteiger charge is -2.16. The second-order valence-electron chi connectivity index (χ2n) is 4.68. The second kappa shape index (κ2) is 5.17. The average Bonchev–Trinajstić information content (AvgIpc) is 3.00. The maximum atomic E-state index is 11.8. The molecule has 4 nitrogen and oxygen atoms in total. The highest BCUT2D eigenvalue weighted by atomic mass is 79.9. The van der Waals surface area contributed by atoms with Crippen molar-refractivity contribution in [3.63, 3.8) is 0 Å². The minimum Gasteiger partial charge on any atom is -0.311 e. The van der Waals surface area contributed by atoms with Gasteiger partial charge < -0.3 is 4.90 Å². The highest BCUT2D eigenvalue weighted by Gasteiger charge is 2.28. The fourth-order valence-corrected chi connectivity index (χ4v) is 2.84. The quantitative estimate of drug-likeness (QED) is 0.815. The van der Waals surface area contributed by atoms with Crippen molar-refractivity contribution in [2.24, 2.45) is 0 Å². The molecule has 5 heteroatoms. The molecule has 0 spiro atoms. The van der Waals surface area contributed by atoms with Gasteiger partial charge in [-0.05, 0) is 23.8 Å². The van der Waals surface area contributed by atoms with E-state index in [0.29, 0.717) is 6.42 Å². The molecule has 19 heavy (non-hydrogen) atoms. The number of aromatic nitrogens is 2. The zero-order valence-electron chi connectivity index (χ0n) is 10.4. The molecule has 98 valence electrons. The first kappa shape index (κ1) is 12.4. The Morgan fingerprint density at radius 3 is 2.68 bits per heavy atom. The van der Waals surface area contributed by atoms with E-state index in [1.165, 1.54) is 5.56 Å². The van der Waals surface area contributed by atoms with Crippen molar-refractivity contribution in [3.8, 4) is 0 Å². The van der Waals surface area contributed by atoms with Crippen molar-refractivity contribution in [2.45, 2.75) is 17.8 Å². The number of hydrogen-bond donors (Lipinski definition) is 0. The molecule has 1 aromatic carbocycles. The van der Waals surface area contributed by atoms with Crippen LogP contribution in [0.15, 0.2) is 42.7 Å². The van der Waals surface area contributed by atoms with Gasteiger partial charge in [0.15, 0.2) is 0 Å². The minimum atomic E-state index is 0.182. The smallest absolute Gasteiger partial charge is 0.228 e. The van der Waals surface area contributed by atoms with Crippen LogP contribution in [0.4, 0.5) is 5.69 Å². The minimum absolute atomic E-state index is 0.182. The molecule has 0 saturated carbocycles. The van der Waals surface area contributed by atoms with Crippen LogP contribution >= 0.6 is 15.9 Å². The lowest BCUT2D eigenvalue weighted by molar-refractivity contribution is -0.117. The first-order chi connectivity index (χ1) is 9.22. The number of benzene rings is 1. The molecule has 1 fully saturated rings. The summed E-state index contributed by atoms with van der Waals surface area (Å²) in [4.78, 5) is 13.9. The fourth-order valence-electron chi connectivity index (χ4n) is 2.28. The zero-order chi connectivity index (χ0) is 13.2. The van der Waals surface area contributed by atoms with Crippen molar-refractivity contribution in [3.05, 3.63) is 48.3 Å². The van der Waals surface area contributed by atoms with Crippen LogP contribution < -0.4 is 4.90 Å². The number of alkyl halides is 1. The Labute approximate surface area is 120 Å². The highest BCUT2D eigenvalue weighted by molar-refractivity contribution is 9.09. The van der Waals surface area contributed by atoms with E-state index >= 15 is 0 Å². The molecule has 0 N–H and O–H groups in total. The van der Waals surface area contributed by atoms with Crippen LogP contribution in [0.25, 0.3) is 0 Å². The molecule has 2 aromatic rings. The van der Waals surface area contributed by atoms with Crippen LogP contribution in [0.5, 0.6) is 0 Å². The third-order valence-corrected chi connectivity index (χ3v) is 3.84. The van der Waals surface area contributed by atoms with Gasteiger partial charge in [-0.15, -0.1) is 0 Å². The third-order valence-electron chi connectivity index (χ3n) is 3.23. The Balaban J connectivity index is 1.74. The Morgan fingerprint density at radius 2 is 2.11 bits per heavy atom. The zero-order valence-corrected chi connectivity index (χ0v) is 12.0. The molecule has 1 aromatic heterocycles. The van der Waals surface area contributed by atoms with Gasteiger partial charge in [-0.25, -0.2) is 0 Å². The SMILES string of the molecule is O=C1CC(Br)CN1c1ccc(Cn2cccn2)cc1. The molecular weight excluding hydrogens is 306 g/mol. The van der Waals surface area contributed by atoms with Crippen LogP contribution in [0.3, 0.4) is 0 Å². The van der Waals surface area contributed by atoms with Crippen molar-refractivity contribution < 1.29 is 4.79 Å². The Kier molecular flexibility index (Phi) is 3.38. The topological polar surface area (TPSA) is 38.1 Å². The van der Waals surface area contributed by atoms with Crippen LogP contribution in [0.2, 0.25) is 0 Å². The van der Waals surface area contributed by atoms with Crippen LogP contribution in [-0.2, 0) is 11.3 Å². The number of rotatable bonds is 3. The normalized spacial score (nSPS) is 19.1. The number of anilines is 1. The van der Waals surface area contributed by atoms with Gasteiger partial charge in [0.25, 0.3) is 0 Å². The lowest BCUT2D eigenvalue weighted by atomic mass is 10.2. The van der Waals surface area contributed by atoms with Gasteiger partial charge in [0.05, 0.1) is 6.54 Å². The van der Waals surface area contributed by atoms with Crippen LogP contribution in [0.1, 0.15) is 12.0 Å². The maximum Gasteiger partial charge on any atom is 0.228 e. The van der Waals surface area contributed by atoms with Crippen molar-refractivity contribution in [1.82, 2.24) is 9.78 Å². The number of halogens is 1. The van der Waals surface area contributed by atoms with Crippen LogP contribution in [-0.4, -0.2) is 27.1 Å². The molecule has 3 rings (SSSR count). The molecule has 1 amide bonds. The fraction of sp³-hybridized carbons (Fsp3) is 0.286. The van der Waals surface area contributed by atoms with Crippen molar-refractivity contribution in [1.29, 1.82) is 0 Å². The molecule has 0 radical (unpaired) electrons. The summed E-state index contributed by atoms with van der Waals surface area (Å²) in [6.07, 6.45) is 4.29. The molecule has 0 bridgehead atoms. The van der Waals surface area contributed by atoms with Gasteiger partial charge in [0.2, 0.25) is 5.91 Å². The molecular formula is C14H14BrN3O. The second-order valence-corrected chi connectivity index (χ2v) is 5.97. The predicted molar refractivity (Wildman–Crippen MR) is 77.5 cm³/mol. The van der Waals surface area contributed by atoms with E-state index in [9.17, 15) is 4.79 Å². The van der Waals surface area contributed by atoms with E-state index in [4.69, 9.17) is 0 Å². The molecule has 1 atom stereocenters. The molecule has 1 saturated heterocycles. The van der Waals surface area contributed by atoms with E-state index in [0.717, 1.165) is 18.8 Å². The van der Waals surface area contributed by atoms with Crippen molar-refractivity contribution >= 4 is 27.5 Å². The summed E-state index contributed by atoms with van der Waals surface area (Å²) in [5.74, 6) is 0.182. The highest BCUT2D eigenvalue weighted by Crippen LogP contribution is 2.25. The van der Waals surface area contributed by atoms with E-state index in [1.807, 2.05) is 46.1 Å². The Morgan fingerprint density at radius 1 is 1.32 bits per heavy atom. The first-order valence-corrected chi connectivity index (χ1v) is 7.15. The third kappa shape index (κ3) is 2.71. The van der Waals surface area contributed by atoms with Crippen LogP contribution in [0, 0.1) is 0 Å². The molecule has 2 heterocycles. The summed E-state index contributed by atoms with van der Waals surface area (Å²) in [5, 5.41) is 4.18. The summed E-state index contributed by atoms with van der Waals surface area (Å²) in [5.41, 5.74) is 2.14. The van der Waals surface area contributed by atoms with Gasteiger partial charge in [-0.2, -0.15) is 5.10 Å². The number of hydrogen-bond acceptors (Lipinski definition) is 2. The average molecular weight is 320 g/mol. The Bertz CT molecular complexity index is 565. The summed E-state index contributed by atoms with van der Waals surface area (Å²) in [6.45, 7) is 1.50. The summed E-state index contributed by atoms with van der Waals surface area (Å²) in [6, 6.07) is 10.0. The number of carbonyl (C=O) groups is 1. The number of carbonyl (C=O) groups excluding carboxylic acids is 1. The largest absolute Gasteiger partial charge is 0.311 e. The van der Waals surface area contributed by atoms with Gasteiger partial charge >= 0.3 is 0 Å². The standard InChI is InChI=1S/C14H14BrN3O/c15-12-8-14(19)18(10-12)13-4-2-11(3-5-13)9-17-7-1-6-16-17/h1-7,12H,8-10H2. The van der Waals surface area contributed by atoms with E-state index < -0.39 is 0 Å². The van der Waals surface area contributed by atoms with Crippen molar-refractivity contribution in [2.75, 3.05) is 11.4 Å². The number of amides is 1. The number of nitrogens with zero attached hydrogens (tertiary/aromatic N) is 3. The summed E-state index contributed by atoms with van der Waals surface area (Å²) >= 11 is 3.50. The maximum absolute atomic E-state index is 11.8. The molecule has 0 aliphatic carbocycles. The van der Waals surface area contributed by atoms with E-state index in [1.54, 1.807) is 6.20 Å². The molecule has 1 aliphatic heterocycles. The van der Waals surface area contributed by atoms with Gasteiger partial charge in [0, 0.05) is 35.9 Å². The van der Waals surface area contributed by atoms with Gasteiger partial charge in [-0.3, -0.25) is 9.48 Å². The summed E-state index contributed by atoms with van der Waals surface area (Å²) < 4.78 is 1.88. The van der Waals surface area contributed by atoms with E-state index in [-0.39, 0.29) is 10.7 Å². The first-order valence-electron chi connectivity index (χ1n) is 6.23.